The van der Waals surface area contributed by atoms with E-state index in [0.717, 1.165) is 10.9 Å². The van der Waals surface area contributed by atoms with Gasteiger partial charge in [0.2, 0.25) is 0 Å². The van der Waals surface area contributed by atoms with Crippen molar-refractivity contribution in [3.05, 3.63) is 52.5 Å². The van der Waals surface area contributed by atoms with Crippen LogP contribution in [0.1, 0.15) is 12.5 Å². The highest BCUT2D eigenvalue weighted by Gasteiger charge is 2.07. The first-order chi connectivity index (χ1) is 10.1. The van der Waals surface area contributed by atoms with Gasteiger partial charge >= 0.3 is 0 Å². The molecule has 0 aliphatic carbocycles. The molecular formula is C16H17BrN2O2. The summed E-state index contributed by atoms with van der Waals surface area (Å²) >= 11 is 3.35. The van der Waals surface area contributed by atoms with Gasteiger partial charge in [-0.25, -0.2) is 0 Å². The van der Waals surface area contributed by atoms with Gasteiger partial charge in [-0.1, -0.05) is 19.1 Å². The molecule has 0 radical (unpaired) electrons. The minimum atomic E-state index is -0.222. The molecule has 2 aromatic rings. The average molecular weight is 349 g/mol. The van der Waals surface area contributed by atoms with E-state index in [0.29, 0.717) is 17.1 Å². The minimum Gasteiger partial charge on any atom is -0.484 e. The molecule has 0 aliphatic heterocycles. The number of aryl methyl sites for hydroxylation is 1. The molecule has 0 heterocycles. The van der Waals surface area contributed by atoms with Crippen molar-refractivity contribution >= 4 is 33.2 Å². The fraction of sp³-hybridized carbons (Fsp3) is 0.188. The first kappa shape index (κ1) is 15.4. The predicted octanol–water partition coefficient (Wildman–Crippen LogP) is 3.61. The predicted molar refractivity (Wildman–Crippen MR) is 88.5 cm³/mol. The van der Waals surface area contributed by atoms with E-state index >= 15 is 0 Å². The van der Waals surface area contributed by atoms with Crippen LogP contribution in [0, 0.1) is 0 Å². The summed E-state index contributed by atoms with van der Waals surface area (Å²) in [7, 11) is 0. The van der Waals surface area contributed by atoms with E-state index in [2.05, 4.69) is 28.2 Å². The Morgan fingerprint density at radius 2 is 1.95 bits per heavy atom. The van der Waals surface area contributed by atoms with Crippen molar-refractivity contribution in [2.75, 3.05) is 17.7 Å². The van der Waals surface area contributed by atoms with Crippen LogP contribution in [-0.4, -0.2) is 12.5 Å². The quantitative estimate of drug-likeness (QED) is 0.811. The number of hydrogen-bond donors (Lipinski definition) is 2. The second-order valence-electron chi connectivity index (χ2n) is 4.57. The summed E-state index contributed by atoms with van der Waals surface area (Å²) in [4.78, 5) is 11.9. The van der Waals surface area contributed by atoms with E-state index in [1.807, 2.05) is 24.3 Å². The Balaban J connectivity index is 1.89. The lowest BCUT2D eigenvalue weighted by Crippen LogP contribution is -2.20. The molecule has 0 fully saturated rings. The van der Waals surface area contributed by atoms with Gasteiger partial charge in [-0.15, -0.1) is 0 Å². The molecule has 3 N–H and O–H groups in total. The van der Waals surface area contributed by atoms with Crippen molar-refractivity contribution in [3.63, 3.8) is 0 Å². The zero-order valence-corrected chi connectivity index (χ0v) is 13.3. The maximum atomic E-state index is 11.9. The Morgan fingerprint density at radius 3 is 2.57 bits per heavy atom. The number of halogens is 1. The third-order valence-electron chi connectivity index (χ3n) is 2.97. The zero-order chi connectivity index (χ0) is 15.2. The summed E-state index contributed by atoms with van der Waals surface area (Å²) in [6.07, 6.45) is 0.978. The molecule has 2 rings (SSSR count). The molecule has 0 aliphatic rings. The van der Waals surface area contributed by atoms with Crippen LogP contribution in [-0.2, 0) is 11.2 Å². The summed E-state index contributed by atoms with van der Waals surface area (Å²) < 4.78 is 6.19. The normalized spacial score (nSPS) is 10.2. The van der Waals surface area contributed by atoms with Gasteiger partial charge in [0.15, 0.2) is 6.61 Å². The lowest BCUT2D eigenvalue weighted by atomic mass is 10.2. The van der Waals surface area contributed by atoms with Gasteiger partial charge in [-0.3, -0.25) is 4.79 Å². The van der Waals surface area contributed by atoms with E-state index in [9.17, 15) is 4.79 Å². The highest BCUT2D eigenvalue weighted by molar-refractivity contribution is 9.10. The van der Waals surface area contributed by atoms with Crippen LogP contribution in [0.5, 0.6) is 5.75 Å². The third-order valence-corrected chi connectivity index (χ3v) is 3.62. The molecule has 2 aromatic carbocycles. The van der Waals surface area contributed by atoms with Crippen molar-refractivity contribution in [3.8, 4) is 5.75 Å². The molecule has 0 bridgehead atoms. The van der Waals surface area contributed by atoms with Gasteiger partial charge in [0.05, 0.1) is 5.69 Å². The molecule has 21 heavy (non-hydrogen) atoms. The topological polar surface area (TPSA) is 64.3 Å². The third kappa shape index (κ3) is 4.49. The Labute approximate surface area is 132 Å². The molecule has 0 atom stereocenters. The van der Waals surface area contributed by atoms with E-state index in [1.165, 1.54) is 5.56 Å². The minimum absolute atomic E-state index is 0.0394. The van der Waals surface area contributed by atoms with Crippen molar-refractivity contribution in [2.45, 2.75) is 13.3 Å². The summed E-state index contributed by atoms with van der Waals surface area (Å²) in [6.45, 7) is 2.05. The number of nitrogens with two attached hydrogens (primary N) is 1. The van der Waals surface area contributed by atoms with Crippen molar-refractivity contribution in [2.24, 2.45) is 0 Å². The first-order valence-electron chi connectivity index (χ1n) is 6.65. The fourth-order valence-corrected chi connectivity index (χ4v) is 2.28. The summed E-state index contributed by atoms with van der Waals surface area (Å²) in [5, 5.41) is 2.76. The molecule has 4 nitrogen and oxygen atoms in total. The summed E-state index contributed by atoms with van der Waals surface area (Å²) in [5.74, 6) is 0.457. The molecule has 0 aromatic heterocycles. The van der Waals surface area contributed by atoms with Crippen molar-refractivity contribution in [1.82, 2.24) is 0 Å². The fourth-order valence-electron chi connectivity index (χ4n) is 1.79. The number of carbonyl (C=O) groups excluding carboxylic acids is 1. The second kappa shape index (κ2) is 7.13. The molecule has 0 unspecified atom stereocenters. The molecule has 110 valence electrons. The van der Waals surface area contributed by atoms with Crippen LogP contribution in [0.4, 0.5) is 11.4 Å². The van der Waals surface area contributed by atoms with Crippen LogP contribution in [0.25, 0.3) is 0 Å². The van der Waals surface area contributed by atoms with Crippen LogP contribution in [0.2, 0.25) is 0 Å². The number of ether oxygens (including phenoxy) is 1. The van der Waals surface area contributed by atoms with Crippen LogP contribution < -0.4 is 15.8 Å². The summed E-state index contributed by atoms with van der Waals surface area (Å²) in [5.41, 5.74) is 8.18. The highest BCUT2D eigenvalue weighted by atomic mass is 79.9. The number of nitrogens with one attached hydrogen (secondary N) is 1. The van der Waals surface area contributed by atoms with E-state index in [1.54, 1.807) is 18.2 Å². The van der Waals surface area contributed by atoms with Crippen LogP contribution in [0.15, 0.2) is 46.9 Å². The molecule has 5 heteroatoms. The van der Waals surface area contributed by atoms with E-state index < -0.39 is 0 Å². The Hall–Kier alpha value is -2.01. The number of rotatable bonds is 5. The summed E-state index contributed by atoms with van der Waals surface area (Å²) in [6, 6.07) is 12.9. The monoisotopic (exact) mass is 348 g/mol. The maximum absolute atomic E-state index is 11.9. The first-order valence-corrected chi connectivity index (χ1v) is 7.44. The van der Waals surface area contributed by atoms with Crippen LogP contribution in [0.3, 0.4) is 0 Å². The van der Waals surface area contributed by atoms with Crippen molar-refractivity contribution < 1.29 is 9.53 Å². The number of carbonyl (C=O) groups is 1. The van der Waals surface area contributed by atoms with Crippen LogP contribution >= 0.6 is 15.9 Å². The smallest absolute Gasteiger partial charge is 0.262 e. The number of nitrogen functional groups attached to an aromatic ring is 1. The molecular weight excluding hydrogens is 332 g/mol. The second-order valence-corrected chi connectivity index (χ2v) is 5.43. The van der Waals surface area contributed by atoms with Gasteiger partial charge in [-0.2, -0.15) is 0 Å². The number of hydrogen-bond acceptors (Lipinski definition) is 3. The number of benzene rings is 2. The Kier molecular flexibility index (Phi) is 5.22. The maximum Gasteiger partial charge on any atom is 0.262 e. The lowest BCUT2D eigenvalue weighted by molar-refractivity contribution is -0.118. The Morgan fingerprint density at radius 1 is 1.24 bits per heavy atom. The van der Waals surface area contributed by atoms with Gasteiger partial charge in [0.1, 0.15) is 5.75 Å². The highest BCUT2D eigenvalue weighted by Crippen LogP contribution is 2.24. The zero-order valence-electron chi connectivity index (χ0n) is 11.7. The SMILES string of the molecule is CCc1ccc(OCC(=O)Nc2ccc(N)cc2Br)cc1. The number of amides is 1. The lowest BCUT2D eigenvalue weighted by Gasteiger charge is -2.09. The van der Waals surface area contributed by atoms with E-state index in [4.69, 9.17) is 10.5 Å². The molecule has 0 spiro atoms. The Bertz CT molecular complexity index is 627. The van der Waals surface area contributed by atoms with Gasteiger partial charge in [0, 0.05) is 10.2 Å². The molecule has 0 saturated heterocycles. The molecule has 0 saturated carbocycles. The average Bonchev–Trinajstić information content (AvgIpc) is 2.48. The number of anilines is 2. The van der Waals surface area contributed by atoms with Gasteiger partial charge in [-0.05, 0) is 58.2 Å². The largest absolute Gasteiger partial charge is 0.484 e. The van der Waals surface area contributed by atoms with E-state index in [-0.39, 0.29) is 12.5 Å². The standard InChI is InChI=1S/C16H17BrN2O2/c1-2-11-3-6-13(7-4-11)21-10-16(20)19-15-8-5-12(18)9-14(15)17/h3-9H,2,10,18H2,1H3,(H,19,20). The van der Waals surface area contributed by atoms with Gasteiger partial charge in [0.25, 0.3) is 5.91 Å². The van der Waals surface area contributed by atoms with Gasteiger partial charge < -0.3 is 15.8 Å². The molecule has 1 amide bonds. The van der Waals surface area contributed by atoms with Crippen molar-refractivity contribution in [1.29, 1.82) is 0 Å².